The Labute approximate surface area is 645 Å². The Morgan fingerprint density at radius 3 is 1.20 bits per heavy atom. The number of hydrogen-bond acceptors (Lipinski definition) is 13. The fraction of sp³-hybridized carbons (Fsp3) is 0.477. The van der Waals surface area contributed by atoms with Crippen LogP contribution < -0.4 is 28.3 Å². The van der Waals surface area contributed by atoms with E-state index in [9.17, 15) is 28.8 Å². The molecule has 0 bridgehead atoms. The average molecular weight is 1490 g/mol. The zero-order valence-electron chi connectivity index (χ0n) is 65.6. The molecular weight excluding hydrogens is 1370 g/mol. The first kappa shape index (κ1) is 92.6. The number of rotatable bonds is 43. The van der Waals surface area contributed by atoms with Crippen molar-refractivity contribution in [2.45, 2.75) is 202 Å². The van der Waals surface area contributed by atoms with Gasteiger partial charge in [-0.2, -0.15) is 0 Å². The summed E-state index contributed by atoms with van der Waals surface area (Å²) < 4.78 is 8.51. The summed E-state index contributed by atoms with van der Waals surface area (Å²) in [6, 6.07) is 25.8. The molecule has 580 valence electrons. The van der Waals surface area contributed by atoms with Gasteiger partial charge in [0.15, 0.2) is 0 Å². The zero-order chi connectivity index (χ0) is 78.1. The predicted molar refractivity (Wildman–Crippen MR) is 446 cm³/mol. The zero-order valence-corrected chi connectivity index (χ0v) is 67.2. The van der Waals surface area contributed by atoms with Crippen LogP contribution in [-0.4, -0.2) is 133 Å². The molecule has 6 rings (SSSR count). The van der Waals surface area contributed by atoms with E-state index in [1.165, 1.54) is 6.42 Å². The number of allylic oxidation sites excluding steroid dienone is 12. The van der Waals surface area contributed by atoms with E-state index < -0.39 is 5.60 Å². The van der Waals surface area contributed by atoms with Gasteiger partial charge < -0.3 is 42.8 Å². The minimum Gasteiger partial charge on any atom is -0.444 e. The van der Waals surface area contributed by atoms with Gasteiger partial charge in [0.1, 0.15) is 23.0 Å². The number of carbonyl (C=O) groups is 6. The fourth-order valence-electron chi connectivity index (χ4n) is 11.7. The summed E-state index contributed by atoms with van der Waals surface area (Å²) in [6.45, 7) is 22.5. The molecule has 18 heteroatoms. The van der Waals surface area contributed by atoms with Crippen LogP contribution in [0.25, 0.3) is 21.8 Å². The molecule has 0 spiro atoms. The number of benzene rings is 4. The van der Waals surface area contributed by atoms with Crippen LogP contribution in [0.15, 0.2) is 158 Å². The molecule has 2 heterocycles. The summed E-state index contributed by atoms with van der Waals surface area (Å²) >= 11 is 12.0. The van der Waals surface area contributed by atoms with E-state index in [-0.39, 0.29) is 29.5 Å². The topological polar surface area (TPSA) is 244 Å². The normalized spacial score (nSPS) is 11.8. The lowest BCUT2D eigenvalue weighted by atomic mass is 10.0. The maximum Gasteiger partial charge on any atom is 0.407 e. The number of nitrogens with zero attached hydrogens (tertiary/aromatic N) is 4. The Balaban J connectivity index is 0.000000464. The van der Waals surface area contributed by atoms with Gasteiger partial charge in [0.2, 0.25) is 0 Å². The van der Waals surface area contributed by atoms with Crippen LogP contribution in [0.1, 0.15) is 210 Å². The number of alkyl carbamates (subject to hydrolysis) is 1. The van der Waals surface area contributed by atoms with Crippen molar-refractivity contribution in [3.05, 3.63) is 213 Å². The monoisotopic (exact) mass is 1490 g/mol. The summed E-state index contributed by atoms with van der Waals surface area (Å²) in [5, 5.41) is 5.78. The number of fused-ring (bicyclic) bond motifs is 2. The molecule has 0 aliphatic rings. The van der Waals surface area contributed by atoms with Crippen LogP contribution in [0.5, 0.6) is 0 Å². The van der Waals surface area contributed by atoms with Crippen LogP contribution in [0.4, 0.5) is 4.79 Å². The molecule has 0 saturated heterocycles. The van der Waals surface area contributed by atoms with E-state index >= 15 is 0 Å². The minimum atomic E-state index is -0.415. The van der Waals surface area contributed by atoms with Gasteiger partial charge in [0, 0.05) is 101 Å². The number of ketones is 3. The van der Waals surface area contributed by atoms with Crippen molar-refractivity contribution in [3.63, 3.8) is 0 Å². The first-order chi connectivity index (χ1) is 50.9. The summed E-state index contributed by atoms with van der Waals surface area (Å²) in [4.78, 5) is 80.7. The number of nitrogens with one attached hydrogen (secondary N) is 1. The van der Waals surface area contributed by atoms with Gasteiger partial charge in [-0.3, -0.25) is 33.1 Å². The lowest BCUT2D eigenvalue weighted by molar-refractivity contribution is -0.119. The Morgan fingerprint density at radius 2 is 0.821 bits per heavy atom. The molecule has 6 aromatic rings. The van der Waals surface area contributed by atoms with E-state index in [4.69, 9.17) is 50.9 Å². The Bertz CT molecular complexity index is 3770. The highest BCUT2D eigenvalue weighted by atomic mass is 35.5. The number of ether oxygens (including phenoxy) is 1. The number of aromatic nitrogens is 2. The van der Waals surface area contributed by atoms with Crippen molar-refractivity contribution in [2.24, 2.45) is 22.9 Å². The largest absolute Gasteiger partial charge is 0.444 e. The van der Waals surface area contributed by atoms with E-state index in [1.54, 1.807) is 57.7 Å². The number of carbonyl (C=O) groups excluding carboxylic acids is 6. The second-order valence-electron chi connectivity index (χ2n) is 28.0. The molecule has 2 aromatic heterocycles. The van der Waals surface area contributed by atoms with Crippen molar-refractivity contribution in [1.82, 2.24) is 24.3 Å². The molecule has 0 atom stereocenters. The summed E-state index contributed by atoms with van der Waals surface area (Å²) in [7, 11) is 4.06. The quantitative estimate of drug-likeness (QED) is 0.0177. The number of amides is 1. The number of aryl methyl sites for hydroxylation is 2. The Kier molecular flexibility index (Phi) is 47.2. The third-order valence-corrected chi connectivity index (χ3v) is 18.0. The minimum absolute atomic E-state index is 0.120. The molecule has 0 unspecified atom stereocenters. The van der Waals surface area contributed by atoms with Gasteiger partial charge >= 0.3 is 6.09 Å². The molecule has 0 saturated carbocycles. The van der Waals surface area contributed by atoms with Crippen LogP contribution in [0, 0.1) is 27.7 Å². The Morgan fingerprint density at radius 1 is 0.453 bits per heavy atom. The molecule has 0 aliphatic carbocycles. The van der Waals surface area contributed by atoms with Gasteiger partial charge in [-0.15, -0.1) is 0 Å². The maximum absolute atomic E-state index is 13.5. The SMILES string of the molecule is CC(C)(C)OC(=O)NCCCCCN.CC/C=C\C/C=C\C/C=C\C/C=C\C/C=C\C/C=C\CCC(=O)CCCN(C)CCCC(=O)Cc1c(C)n(C(=O)c2ccc(Cl)cc2)c2ccc(C)cc12.Cc1ccc2c(c1)c(CC(=O)CCCN(C)CCN)c(C)n2C(=O)c1ccc(Cl)cc1.NCCCCCN. The van der Waals surface area contributed by atoms with E-state index in [0.29, 0.717) is 85.1 Å². The molecule has 9 N–H and O–H groups in total. The molecule has 106 heavy (non-hydrogen) atoms. The number of unbranched alkanes of at least 4 members (excludes halogenated alkanes) is 4. The predicted octanol–water partition coefficient (Wildman–Crippen LogP) is 18.3. The fourth-order valence-corrected chi connectivity index (χ4v) is 11.9. The molecule has 0 radical (unpaired) electrons. The van der Waals surface area contributed by atoms with Crippen molar-refractivity contribution >= 4 is 80.3 Å². The van der Waals surface area contributed by atoms with Crippen LogP contribution in [0.3, 0.4) is 0 Å². The summed E-state index contributed by atoms with van der Waals surface area (Å²) in [5.41, 5.74) is 29.3. The molecule has 0 fully saturated rings. The first-order valence-electron chi connectivity index (χ1n) is 38.3. The highest BCUT2D eigenvalue weighted by Gasteiger charge is 2.24. The lowest BCUT2D eigenvalue weighted by Crippen LogP contribution is -2.33. The van der Waals surface area contributed by atoms with Crippen molar-refractivity contribution in [3.8, 4) is 0 Å². The number of likely N-dealkylation sites (N-methyl/N-ethyl adjacent to an activating group) is 1. The van der Waals surface area contributed by atoms with Crippen molar-refractivity contribution in [1.29, 1.82) is 0 Å². The lowest BCUT2D eigenvalue weighted by Gasteiger charge is -2.19. The molecule has 0 aliphatic heterocycles. The van der Waals surface area contributed by atoms with Crippen LogP contribution in [0.2, 0.25) is 10.0 Å². The van der Waals surface area contributed by atoms with Crippen molar-refractivity contribution < 1.29 is 33.5 Å². The van der Waals surface area contributed by atoms with Crippen LogP contribution >= 0.6 is 23.2 Å². The summed E-state index contributed by atoms with van der Waals surface area (Å²) in [6.07, 6.45) is 44.2. The Hall–Kier alpha value is -7.64. The van der Waals surface area contributed by atoms with E-state index in [1.807, 2.05) is 79.8 Å². The van der Waals surface area contributed by atoms with Gasteiger partial charge in [-0.1, -0.05) is 139 Å². The van der Waals surface area contributed by atoms with E-state index in [0.717, 1.165) is 191 Å². The third kappa shape index (κ3) is 37.7. The number of nitrogens with two attached hydrogens (primary N) is 4. The first-order valence-corrected chi connectivity index (χ1v) is 39.1. The molecule has 4 aromatic carbocycles. The number of halogens is 2. The number of Topliss-reactive ketones (excluding diaryl/α,β-unsaturated/α-hetero) is 3. The highest BCUT2D eigenvalue weighted by molar-refractivity contribution is 6.31. The second-order valence-corrected chi connectivity index (χ2v) is 28.9. The average Bonchev–Trinajstić information content (AvgIpc) is 1.62. The van der Waals surface area contributed by atoms with Gasteiger partial charge in [-0.05, 0) is 276 Å². The highest BCUT2D eigenvalue weighted by Crippen LogP contribution is 2.31. The van der Waals surface area contributed by atoms with Crippen LogP contribution in [-0.2, 0) is 32.0 Å². The smallest absolute Gasteiger partial charge is 0.407 e. The van der Waals surface area contributed by atoms with Gasteiger partial charge in [0.25, 0.3) is 11.8 Å². The molecule has 16 nitrogen and oxygen atoms in total. The van der Waals surface area contributed by atoms with Gasteiger partial charge in [-0.25, -0.2) is 4.79 Å². The second kappa shape index (κ2) is 54.0. The molecular formula is C88H127Cl2N9O7. The number of hydrogen-bond donors (Lipinski definition) is 5. The third-order valence-electron chi connectivity index (χ3n) is 17.5. The van der Waals surface area contributed by atoms with Gasteiger partial charge in [0.05, 0.1) is 11.0 Å². The standard InChI is InChI=1S/C48H61ClN2O3.C25H30ClN3O2.C10H22N2O2.C5H14N2/c1-5-6-7-8-9-10-11-12-13-14-15-16-17-18-19-20-21-22-23-26-43(52)27-24-35-50(4)36-25-28-44(53)38-45-40(3)51(47-34-29-39(2)37-46(45)47)48(54)41-30-32-42(49)33-31-41;1-17-6-11-24-23(15-17)22(16-21(30)5-4-13-28(3)14-12-27)18(2)29(24)25(31)19-7-9-20(26)10-8-19;1-10(2,3)14-9(13)12-8-6-4-5-7-11;6-4-2-1-3-5-7/h6-7,9-10,12-13,15-16,18-19,21-22,29-34,37H,5,8,11,14,17,20,23-28,35-36,38H2,1-4H3;6-11,15H,4-5,12-14,16,27H2,1-3H3;4-8,11H2,1-3H3,(H,12,13);1-7H2/b7-6-,10-9-,13-12-,16-15-,19-18-,22-21-;;;. The summed E-state index contributed by atoms with van der Waals surface area (Å²) in [5.74, 6) is 0.396. The molecule has 1 amide bonds. The van der Waals surface area contributed by atoms with Crippen molar-refractivity contribution in [2.75, 3.05) is 73.0 Å². The maximum atomic E-state index is 13.5. The van der Waals surface area contributed by atoms with E-state index in [2.05, 4.69) is 114 Å².